The highest BCUT2D eigenvalue weighted by atomic mass is 15.3. The molecule has 74 valence electrons. The molecule has 0 radical (unpaired) electrons. The zero-order valence-corrected chi connectivity index (χ0v) is 8.27. The lowest BCUT2D eigenvalue weighted by molar-refractivity contribution is 0.412. The maximum absolute atomic E-state index is 5.83. The first-order valence-electron chi connectivity index (χ1n) is 4.81. The zero-order valence-electron chi connectivity index (χ0n) is 8.27. The third kappa shape index (κ3) is 1.92. The van der Waals surface area contributed by atoms with E-state index < -0.39 is 0 Å². The molecule has 2 aliphatic rings. The topological polar surface area (TPSA) is 54.0 Å². The van der Waals surface area contributed by atoms with E-state index >= 15 is 0 Å². The Kier molecular flexibility index (Phi) is 2.48. The van der Waals surface area contributed by atoms with Crippen molar-refractivity contribution in [1.29, 1.82) is 0 Å². The summed E-state index contributed by atoms with van der Waals surface area (Å²) in [4.78, 5) is 2.13. The van der Waals surface area contributed by atoms with Crippen LogP contribution < -0.4 is 5.73 Å². The van der Waals surface area contributed by atoms with E-state index in [1.165, 1.54) is 0 Å². The van der Waals surface area contributed by atoms with Gasteiger partial charge in [0.1, 0.15) is 0 Å². The van der Waals surface area contributed by atoms with Gasteiger partial charge in [-0.25, -0.2) is 0 Å². The van der Waals surface area contributed by atoms with Gasteiger partial charge in [0.15, 0.2) is 5.82 Å². The summed E-state index contributed by atoms with van der Waals surface area (Å²) in [5.74, 6) is 0.806. The Bertz CT molecular complexity index is 347. The van der Waals surface area contributed by atoms with Crippen LogP contribution in [0.1, 0.15) is 13.3 Å². The lowest BCUT2D eigenvalue weighted by atomic mass is 10.3. The summed E-state index contributed by atoms with van der Waals surface area (Å²) in [7, 11) is 0. The minimum atomic E-state index is 0.260. The van der Waals surface area contributed by atoms with Gasteiger partial charge in [0.2, 0.25) is 0 Å². The molecule has 0 aromatic rings. The molecule has 2 aliphatic heterocycles. The molecule has 2 heterocycles. The van der Waals surface area contributed by atoms with Crippen molar-refractivity contribution in [2.75, 3.05) is 13.1 Å². The van der Waals surface area contributed by atoms with E-state index in [1.54, 1.807) is 6.20 Å². The molecule has 4 nitrogen and oxygen atoms in total. The number of nitrogens with two attached hydrogens (primary N) is 1. The SMILES string of the molecule is CC1=C=C(N2CC[C@@H](N)C2)N=NC=C1. The van der Waals surface area contributed by atoms with Gasteiger partial charge in [-0.15, -0.1) is 5.11 Å². The van der Waals surface area contributed by atoms with Gasteiger partial charge in [0.25, 0.3) is 0 Å². The second-order valence-electron chi connectivity index (χ2n) is 3.66. The molecule has 0 saturated carbocycles. The summed E-state index contributed by atoms with van der Waals surface area (Å²) < 4.78 is 0. The van der Waals surface area contributed by atoms with Crippen LogP contribution in [-0.4, -0.2) is 24.0 Å². The Morgan fingerprint density at radius 3 is 3.21 bits per heavy atom. The minimum Gasteiger partial charge on any atom is -0.347 e. The molecule has 2 N–H and O–H groups in total. The summed E-state index contributed by atoms with van der Waals surface area (Å²) in [5.41, 5.74) is 10.1. The van der Waals surface area contributed by atoms with Gasteiger partial charge in [0.05, 0.1) is 6.20 Å². The van der Waals surface area contributed by atoms with E-state index in [0.29, 0.717) is 0 Å². The number of likely N-dealkylation sites (tertiary alicyclic amines) is 1. The molecule has 0 bridgehead atoms. The van der Waals surface area contributed by atoms with Crippen molar-refractivity contribution in [2.45, 2.75) is 19.4 Å². The summed E-state index contributed by atoms with van der Waals surface area (Å²) in [6.07, 6.45) is 4.60. The van der Waals surface area contributed by atoms with Crippen LogP contribution in [0.25, 0.3) is 0 Å². The van der Waals surface area contributed by atoms with Crippen molar-refractivity contribution in [2.24, 2.45) is 16.0 Å². The largest absolute Gasteiger partial charge is 0.347 e. The second kappa shape index (κ2) is 3.78. The summed E-state index contributed by atoms with van der Waals surface area (Å²) in [6, 6.07) is 0.260. The van der Waals surface area contributed by atoms with Gasteiger partial charge in [-0.3, -0.25) is 0 Å². The number of nitrogens with zero attached hydrogens (tertiary/aromatic N) is 3. The first-order valence-corrected chi connectivity index (χ1v) is 4.81. The highest BCUT2D eigenvalue weighted by Crippen LogP contribution is 2.16. The molecule has 0 spiro atoms. The normalized spacial score (nSPS) is 26.1. The molecule has 0 aromatic heterocycles. The van der Waals surface area contributed by atoms with E-state index in [9.17, 15) is 0 Å². The van der Waals surface area contributed by atoms with Gasteiger partial charge in [0, 0.05) is 19.1 Å². The number of allylic oxidation sites excluding steroid dienone is 2. The van der Waals surface area contributed by atoms with Gasteiger partial charge in [-0.2, -0.15) is 5.11 Å². The lowest BCUT2D eigenvalue weighted by Crippen LogP contribution is -2.25. The number of azo groups is 1. The monoisotopic (exact) mass is 190 g/mol. The Hall–Kier alpha value is -1.38. The highest BCUT2D eigenvalue weighted by molar-refractivity contribution is 5.19. The fraction of sp³-hybridized carbons (Fsp3) is 0.500. The third-order valence-corrected chi connectivity index (χ3v) is 2.38. The zero-order chi connectivity index (χ0) is 9.97. The molecule has 14 heavy (non-hydrogen) atoms. The molecule has 1 atom stereocenters. The van der Waals surface area contributed by atoms with Crippen molar-refractivity contribution in [3.63, 3.8) is 0 Å². The number of rotatable bonds is 1. The molecule has 1 saturated heterocycles. The van der Waals surface area contributed by atoms with E-state index in [4.69, 9.17) is 5.73 Å². The molecule has 4 heteroatoms. The average molecular weight is 190 g/mol. The molecule has 0 amide bonds. The highest BCUT2D eigenvalue weighted by Gasteiger charge is 2.21. The third-order valence-electron chi connectivity index (χ3n) is 2.38. The average Bonchev–Trinajstić information content (AvgIpc) is 2.45. The molecule has 1 fully saturated rings. The summed E-state index contributed by atoms with van der Waals surface area (Å²) >= 11 is 0. The van der Waals surface area contributed by atoms with Gasteiger partial charge in [-0.05, 0) is 25.0 Å². The second-order valence-corrected chi connectivity index (χ2v) is 3.66. The van der Waals surface area contributed by atoms with Crippen LogP contribution in [0.3, 0.4) is 0 Å². The fourth-order valence-corrected chi connectivity index (χ4v) is 1.60. The van der Waals surface area contributed by atoms with Crippen LogP contribution in [0.5, 0.6) is 0 Å². The molecular formula is C10H14N4. The van der Waals surface area contributed by atoms with Gasteiger partial charge in [-0.1, -0.05) is 5.73 Å². The van der Waals surface area contributed by atoms with Crippen molar-refractivity contribution in [1.82, 2.24) is 4.90 Å². The van der Waals surface area contributed by atoms with Crippen LogP contribution in [-0.2, 0) is 0 Å². The van der Waals surface area contributed by atoms with E-state index in [0.717, 1.165) is 30.9 Å². The smallest absolute Gasteiger partial charge is 0.195 e. The van der Waals surface area contributed by atoms with E-state index in [2.05, 4.69) is 20.9 Å². The minimum absolute atomic E-state index is 0.260. The van der Waals surface area contributed by atoms with E-state index in [-0.39, 0.29) is 6.04 Å². The van der Waals surface area contributed by atoms with Crippen molar-refractivity contribution < 1.29 is 0 Å². The fourth-order valence-electron chi connectivity index (χ4n) is 1.60. The molecule has 0 aromatic carbocycles. The molecule has 2 rings (SSSR count). The maximum Gasteiger partial charge on any atom is 0.195 e. The molecule has 0 aliphatic carbocycles. The lowest BCUT2D eigenvalue weighted by Gasteiger charge is -2.14. The van der Waals surface area contributed by atoms with Crippen LogP contribution in [0.4, 0.5) is 0 Å². The van der Waals surface area contributed by atoms with Crippen LogP contribution in [0, 0.1) is 0 Å². The van der Waals surface area contributed by atoms with Gasteiger partial charge < -0.3 is 10.6 Å². The van der Waals surface area contributed by atoms with Crippen LogP contribution in [0.2, 0.25) is 0 Å². The van der Waals surface area contributed by atoms with Crippen molar-refractivity contribution >= 4 is 0 Å². The van der Waals surface area contributed by atoms with Gasteiger partial charge >= 0.3 is 0 Å². The Balaban J connectivity index is 2.22. The standard InChI is InChI=1S/C10H14N4/c1-8-2-4-12-13-10(6-8)14-5-3-9(11)7-14/h2,4,9H,3,5,7,11H2,1H3/t9-/m1/s1. The van der Waals surface area contributed by atoms with Crippen LogP contribution >= 0.6 is 0 Å². The summed E-state index contributed by atoms with van der Waals surface area (Å²) in [6.45, 7) is 3.80. The first kappa shape index (κ1) is 9.19. The van der Waals surface area contributed by atoms with Crippen molar-refractivity contribution in [3.8, 4) is 0 Å². The van der Waals surface area contributed by atoms with Crippen molar-refractivity contribution in [3.05, 3.63) is 29.4 Å². The Labute approximate surface area is 83.5 Å². The molecule has 0 unspecified atom stereocenters. The predicted molar refractivity (Wildman–Crippen MR) is 54.4 cm³/mol. The molecular weight excluding hydrogens is 176 g/mol. The van der Waals surface area contributed by atoms with E-state index in [1.807, 2.05) is 13.0 Å². The van der Waals surface area contributed by atoms with Crippen LogP contribution in [0.15, 0.2) is 39.6 Å². The maximum atomic E-state index is 5.83. The first-order chi connectivity index (χ1) is 6.75. The predicted octanol–water partition coefficient (Wildman–Crippen LogP) is 1.39. The Morgan fingerprint density at radius 1 is 1.64 bits per heavy atom. The quantitative estimate of drug-likeness (QED) is 0.635. The Morgan fingerprint density at radius 2 is 2.50 bits per heavy atom. The summed E-state index contributed by atoms with van der Waals surface area (Å²) in [5, 5.41) is 8.00. The number of hydrogen-bond acceptors (Lipinski definition) is 4. The number of hydrogen-bond donors (Lipinski definition) is 1.